The summed E-state index contributed by atoms with van der Waals surface area (Å²) < 4.78 is 5.68. The molecule has 2 aliphatic carbocycles. The molecule has 0 saturated heterocycles. The summed E-state index contributed by atoms with van der Waals surface area (Å²) >= 11 is 0. The van der Waals surface area contributed by atoms with Crippen LogP contribution in [0.1, 0.15) is 85.0 Å². The molecule has 0 aromatic heterocycles. The van der Waals surface area contributed by atoms with Crippen LogP contribution in [-0.4, -0.2) is 48.8 Å². The molecule has 0 aliphatic heterocycles. The molecule has 0 aromatic rings. The smallest absolute Gasteiger partial charge is 0.410 e. The average Bonchev–Trinajstić information content (AvgIpc) is 2.64. The molecule has 2 aliphatic rings. The number of hydrogen-bond acceptors (Lipinski definition) is 4. The van der Waals surface area contributed by atoms with Gasteiger partial charge in [0.1, 0.15) is 5.60 Å². The highest BCUT2D eigenvalue weighted by atomic mass is 16.6. The van der Waals surface area contributed by atoms with Gasteiger partial charge in [-0.15, -0.1) is 0 Å². The Bertz CT molecular complexity index is 422. The first-order chi connectivity index (χ1) is 12.9. The number of ether oxygens (including phenoxy) is 1. The van der Waals surface area contributed by atoms with Gasteiger partial charge in [0.25, 0.3) is 0 Å². The lowest BCUT2D eigenvalue weighted by Gasteiger charge is -2.35. The minimum absolute atomic E-state index is 0.130. The summed E-state index contributed by atoms with van der Waals surface area (Å²) in [7, 11) is 0. The first-order valence-corrected chi connectivity index (χ1v) is 11.3. The van der Waals surface area contributed by atoms with Gasteiger partial charge in [-0.25, -0.2) is 4.79 Å². The number of amides is 1. The van der Waals surface area contributed by atoms with Gasteiger partial charge in [-0.1, -0.05) is 19.3 Å². The predicted molar refractivity (Wildman–Crippen MR) is 112 cm³/mol. The molecule has 0 spiro atoms. The zero-order valence-electron chi connectivity index (χ0n) is 18.0. The molecular formula is C22H43N3O2. The number of rotatable bonds is 8. The van der Waals surface area contributed by atoms with Crippen molar-refractivity contribution in [2.75, 3.05) is 26.2 Å². The molecule has 2 saturated carbocycles. The number of hydrogen-bond donors (Lipinski definition) is 2. The molecule has 0 radical (unpaired) electrons. The number of carbonyl (C=O) groups is 1. The molecule has 5 heteroatoms. The molecule has 2 fully saturated rings. The second-order valence-electron chi connectivity index (χ2n) is 9.65. The van der Waals surface area contributed by atoms with E-state index in [1.54, 1.807) is 0 Å². The van der Waals surface area contributed by atoms with E-state index in [2.05, 4.69) is 5.32 Å². The highest BCUT2D eigenvalue weighted by Gasteiger charge is 2.29. The Kier molecular flexibility index (Phi) is 9.37. The number of nitrogens with zero attached hydrogens (tertiary/aromatic N) is 1. The Morgan fingerprint density at radius 3 is 2.26 bits per heavy atom. The molecule has 0 atom stereocenters. The van der Waals surface area contributed by atoms with Crippen molar-refractivity contribution in [1.29, 1.82) is 0 Å². The zero-order valence-corrected chi connectivity index (χ0v) is 18.0. The molecular weight excluding hydrogens is 338 g/mol. The summed E-state index contributed by atoms with van der Waals surface area (Å²) in [6, 6.07) is 0.361. The lowest BCUT2D eigenvalue weighted by atomic mass is 9.82. The van der Waals surface area contributed by atoms with Crippen molar-refractivity contribution in [1.82, 2.24) is 10.2 Å². The fraction of sp³-hybridized carbons (Fsp3) is 0.955. The third-order valence-electron chi connectivity index (χ3n) is 6.13. The Morgan fingerprint density at radius 1 is 1.04 bits per heavy atom. The molecule has 0 bridgehead atoms. The van der Waals surface area contributed by atoms with Crippen molar-refractivity contribution in [3.63, 3.8) is 0 Å². The molecule has 158 valence electrons. The van der Waals surface area contributed by atoms with Crippen molar-refractivity contribution in [2.45, 2.75) is 96.6 Å². The second-order valence-corrected chi connectivity index (χ2v) is 9.65. The van der Waals surface area contributed by atoms with Crippen LogP contribution in [0, 0.1) is 11.8 Å². The van der Waals surface area contributed by atoms with Crippen LogP contribution in [0.3, 0.4) is 0 Å². The molecule has 0 heterocycles. The van der Waals surface area contributed by atoms with Crippen molar-refractivity contribution in [3.8, 4) is 0 Å². The van der Waals surface area contributed by atoms with Crippen LogP contribution < -0.4 is 11.1 Å². The SMILES string of the molecule is CC(C)(C)OC(=O)N(CCCNCC1CCC(CN)CC1)C1CCCCC1. The highest BCUT2D eigenvalue weighted by Crippen LogP contribution is 2.27. The van der Waals surface area contributed by atoms with E-state index in [1.807, 2.05) is 25.7 Å². The Balaban J connectivity index is 1.70. The minimum Gasteiger partial charge on any atom is -0.444 e. The normalized spacial score (nSPS) is 24.6. The van der Waals surface area contributed by atoms with Crippen LogP contribution in [0.25, 0.3) is 0 Å². The molecule has 3 N–H and O–H groups in total. The molecule has 1 amide bonds. The largest absolute Gasteiger partial charge is 0.444 e. The van der Waals surface area contributed by atoms with Crippen LogP contribution in [0.15, 0.2) is 0 Å². The van der Waals surface area contributed by atoms with Crippen molar-refractivity contribution in [3.05, 3.63) is 0 Å². The van der Waals surface area contributed by atoms with Crippen molar-refractivity contribution in [2.24, 2.45) is 17.6 Å². The van der Waals surface area contributed by atoms with Gasteiger partial charge in [-0.3, -0.25) is 0 Å². The van der Waals surface area contributed by atoms with Gasteiger partial charge >= 0.3 is 6.09 Å². The van der Waals surface area contributed by atoms with Gasteiger partial charge in [0.05, 0.1) is 0 Å². The fourth-order valence-corrected chi connectivity index (χ4v) is 4.49. The number of nitrogens with two attached hydrogens (primary N) is 1. The number of nitrogens with one attached hydrogen (secondary N) is 1. The number of carbonyl (C=O) groups excluding carboxylic acids is 1. The highest BCUT2D eigenvalue weighted by molar-refractivity contribution is 5.68. The van der Waals surface area contributed by atoms with Crippen LogP contribution in [0.4, 0.5) is 4.79 Å². The quantitative estimate of drug-likeness (QED) is 0.615. The molecule has 27 heavy (non-hydrogen) atoms. The summed E-state index contributed by atoms with van der Waals surface area (Å²) in [5.74, 6) is 1.55. The van der Waals surface area contributed by atoms with E-state index in [4.69, 9.17) is 10.5 Å². The molecule has 2 rings (SSSR count). The van der Waals surface area contributed by atoms with Crippen LogP contribution in [0.5, 0.6) is 0 Å². The van der Waals surface area contributed by atoms with Crippen molar-refractivity contribution < 1.29 is 9.53 Å². The summed E-state index contributed by atoms with van der Waals surface area (Å²) in [5, 5.41) is 3.62. The van der Waals surface area contributed by atoms with Crippen LogP contribution >= 0.6 is 0 Å². The Hall–Kier alpha value is -0.810. The Morgan fingerprint density at radius 2 is 1.67 bits per heavy atom. The second kappa shape index (κ2) is 11.3. The third-order valence-corrected chi connectivity index (χ3v) is 6.13. The van der Waals surface area contributed by atoms with Gasteiger partial charge in [0, 0.05) is 12.6 Å². The maximum atomic E-state index is 12.7. The topological polar surface area (TPSA) is 67.6 Å². The lowest BCUT2D eigenvalue weighted by molar-refractivity contribution is 0.0119. The Labute approximate surface area is 166 Å². The van der Waals surface area contributed by atoms with E-state index in [-0.39, 0.29) is 6.09 Å². The van der Waals surface area contributed by atoms with Gasteiger partial charge < -0.3 is 20.7 Å². The first-order valence-electron chi connectivity index (χ1n) is 11.3. The maximum absolute atomic E-state index is 12.7. The van der Waals surface area contributed by atoms with E-state index in [0.29, 0.717) is 6.04 Å². The van der Waals surface area contributed by atoms with E-state index >= 15 is 0 Å². The standard InChI is InChI=1S/C22H43N3O2/c1-22(2,3)27-21(26)25(20-8-5-4-6-9-20)15-7-14-24-17-19-12-10-18(16-23)11-13-19/h18-20,24H,4-17,23H2,1-3H3. The van der Waals surface area contributed by atoms with Crippen LogP contribution in [0.2, 0.25) is 0 Å². The van der Waals surface area contributed by atoms with Crippen LogP contribution in [-0.2, 0) is 4.74 Å². The first kappa shape index (κ1) is 22.5. The van der Waals surface area contributed by atoms with Crippen molar-refractivity contribution >= 4 is 6.09 Å². The summed E-state index contributed by atoms with van der Waals surface area (Å²) in [4.78, 5) is 14.7. The van der Waals surface area contributed by atoms with Gasteiger partial charge in [0.2, 0.25) is 0 Å². The fourth-order valence-electron chi connectivity index (χ4n) is 4.49. The van der Waals surface area contributed by atoms with Gasteiger partial charge in [-0.2, -0.15) is 0 Å². The van der Waals surface area contributed by atoms with Gasteiger partial charge in [0.15, 0.2) is 0 Å². The maximum Gasteiger partial charge on any atom is 0.410 e. The molecule has 5 nitrogen and oxygen atoms in total. The minimum atomic E-state index is -0.426. The lowest BCUT2D eigenvalue weighted by Crippen LogP contribution is -2.45. The predicted octanol–water partition coefficient (Wildman–Crippen LogP) is 4.30. The van der Waals surface area contributed by atoms with E-state index in [0.717, 1.165) is 57.3 Å². The monoisotopic (exact) mass is 381 g/mol. The zero-order chi connectivity index (χ0) is 19.7. The molecule has 0 aromatic carbocycles. The van der Waals surface area contributed by atoms with E-state index < -0.39 is 5.60 Å². The van der Waals surface area contributed by atoms with E-state index in [1.165, 1.54) is 44.9 Å². The summed E-state index contributed by atoms with van der Waals surface area (Å²) in [6.07, 6.45) is 12.1. The molecule has 0 unspecified atom stereocenters. The van der Waals surface area contributed by atoms with Gasteiger partial charge in [-0.05, 0) is 97.2 Å². The summed E-state index contributed by atoms with van der Waals surface area (Å²) in [5.41, 5.74) is 5.36. The summed E-state index contributed by atoms with van der Waals surface area (Å²) in [6.45, 7) is 9.57. The third kappa shape index (κ3) is 8.39. The average molecular weight is 382 g/mol. The van der Waals surface area contributed by atoms with E-state index in [9.17, 15) is 4.79 Å².